The van der Waals surface area contributed by atoms with Crippen LogP contribution in [0.1, 0.15) is 19.8 Å². The second kappa shape index (κ2) is 5.65. The summed E-state index contributed by atoms with van der Waals surface area (Å²) in [7, 11) is 0. The van der Waals surface area contributed by atoms with E-state index in [1.165, 1.54) is 0 Å². The predicted molar refractivity (Wildman–Crippen MR) is 58.5 cm³/mol. The average molecular weight is 248 g/mol. The van der Waals surface area contributed by atoms with E-state index in [2.05, 4.69) is 0 Å². The molecule has 4 nitrogen and oxygen atoms in total. The van der Waals surface area contributed by atoms with Gasteiger partial charge in [0.2, 0.25) is 0 Å². The van der Waals surface area contributed by atoms with E-state index in [0.717, 1.165) is 25.0 Å². The third-order valence-corrected chi connectivity index (χ3v) is 2.22. The van der Waals surface area contributed by atoms with Gasteiger partial charge in [0.1, 0.15) is 0 Å². The lowest BCUT2D eigenvalue weighted by molar-refractivity contribution is -0.385. The topological polar surface area (TPSA) is 52.4 Å². The number of nitrogens with zero attached hydrogens (tertiary/aromatic N) is 1. The van der Waals surface area contributed by atoms with Crippen LogP contribution in [-0.2, 0) is 0 Å². The van der Waals surface area contributed by atoms with E-state index in [-0.39, 0.29) is 16.5 Å². The predicted octanol–water partition coefficient (Wildman–Crippen LogP) is 3.57. The maximum atomic E-state index is 13.4. The lowest BCUT2D eigenvalue weighted by Gasteiger charge is -2.08. The summed E-state index contributed by atoms with van der Waals surface area (Å²) in [5, 5.41) is 10.3. The summed E-state index contributed by atoms with van der Waals surface area (Å²) in [6, 6.07) is 1.87. The minimum Gasteiger partial charge on any atom is -0.489 e. The van der Waals surface area contributed by atoms with Crippen LogP contribution in [0, 0.1) is 15.9 Å². The molecule has 88 valence electrons. The number of hydrogen-bond acceptors (Lipinski definition) is 3. The highest BCUT2D eigenvalue weighted by Gasteiger charge is 2.16. The van der Waals surface area contributed by atoms with Crippen LogP contribution in [0.5, 0.6) is 5.75 Å². The van der Waals surface area contributed by atoms with Gasteiger partial charge < -0.3 is 4.74 Å². The van der Waals surface area contributed by atoms with Crippen LogP contribution < -0.4 is 4.74 Å². The SMILES string of the molecule is CCCCOc1c(F)cc([N+](=O)[O-])cc1Cl. The summed E-state index contributed by atoms with van der Waals surface area (Å²) in [4.78, 5) is 9.71. The number of benzene rings is 1. The van der Waals surface area contributed by atoms with Crippen LogP contribution in [0.25, 0.3) is 0 Å². The minimum absolute atomic E-state index is 0.0807. The Morgan fingerprint density at radius 2 is 2.25 bits per heavy atom. The Labute approximate surface area is 97.1 Å². The third-order valence-electron chi connectivity index (χ3n) is 1.94. The van der Waals surface area contributed by atoms with Crippen molar-refractivity contribution in [3.05, 3.63) is 33.1 Å². The molecule has 0 aliphatic heterocycles. The van der Waals surface area contributed by atoms with Crippen molar-refractivity contribution in [2.45, 2.75) is 19.8 Å². The normalized spacial score (nSPS) is 10.2. The number of ether oxygens (including phenoxy) is 1. The molecule has 0 aliphatic rings. The highest BCUT2D eigenvalue weighted by Crippen LogP contribution is 2.32. The number of nitro benzene ring substituents is 1. The summed E-state index contributed by atoms with van der Waals surface area (Å²) in [6.45, 7) is 2.31. The summed E-state index contributed by atoms with van der Waals surface area (Å²) in [5.41, 5.74) is -0.384. The van der Waals surface area contributed by atoms with Crippen molar-refractivity contribution in [2.75, 3.05) is 6.61 Å². The molecule has 0 saturated carbocycles. The van der Waals surface area contributed by atoms with Gasteiger partial charge in [0, 0.05) is 6.07 Å². The van der Waals surface area contributed by atoms with E-state index in [1.54, 1.807) is 0 Å². The molecule has 6 heteroatoms. The Hall–Kier alpha value is -1.36. The second-order valence-corrected chi connectivity index (χ2v) is 3.60. The van der Waals surface area contributed by atoms with E-state index in [4.69, 9.17) is 16.3 Å². The monoisotopic (exact) mass is 247 g/mol. The molecule has 0 N–H and O–H groups in total. The van der Waals surface area contributed by atoms with E-state index in [9.17, 15) is 14.5 Å². The summed E-state index contributed by atoms with van der Waals surface area (Å²) >= 11 is 5.69. The Balaban J connectivity index is 2.89. The first kappa shape index (κ1) is 12.7. The maximum absolute atomic E-state index is 13.4. The zero-order chi connectivity index (χ0) is 12.1. The molecule has 0 saturated heterocycles. The first-order valence-electron chi connectivity index (χ1n) is 4.82. The molecule has 0 heterocycles. The van der Waals surface area contributed by atoms with E-state index in [1.807, 2.05) is 6.92 Å². The number of hydrogen-bond donors (Lipinski definition) is 0. The Kier molecular flexibility index (Phi) is 4.49. The Morgan fingerprint density at radius 3 is 2.75 bits per heavy atom. The molecule has 0 atom stereocenters. The number of non-ortho nitro benzene ring substituents is 1. The molecule has 0 unspecified atom stereocenters. The molecular formula is C10H11ClFNO3. The summed E-state index contributed by atoms with van der Waals surface area (Å²) < 4.78 is 18.5. The highest BCUT2D eigenvalue weighted by atomic mass is 35.5. The van der Waals surface area contributed by atoms with Crippen molar-refractivity contribution in [1.29, 1.82) is 0 Å². The number of unbranched alkanes of at least 4 members (excludes halogenated alkanes) is 1. The van der Waals surface area contributed by atoms with Crippen LogP contribution in [-0.4, -0.2) is 11.5 Å². The van der Waals surface area contributed by atoms with Crippen molar-refractivity contribution < 1.29 is 14.1 Å². The largest absolute Gasteiger partial charge is 0.489 e. The van der Waals surface area contributed by atoms with Gasteiger partial charge in [0.15, 0.2) is 11.6 Å². The van der Waals surface area contributed by atoms with Gasteiger partial charge in [-0.05, 0) is 6.42 Å². The smallest absolute Gasteiger partial charge is 0.274 e. The van der Waals surface area contributed by atoms with Crippen LogP contribution in [0.15, 0.2) is 12.1 Å². The number of nitro groups is 1. The van der Waals surface area contributed by atoms with Crippen LogP contribution in [0.4, 0.5) is 10.1 Å². The second-order valence-electron chi connectivity index (χ2n) is 3.20. The molecule has 16 heavy (non-hydrogen) atoms. The molecule has 0 bridgehead atoms. The highest BCUT2D eigenvalue weighted by molar-refractivity contribution is 6.32. The van der Waals surface area contributed by atoms with E-state index in [0.29, 0.717) is 6.61 Å². The van der Waals surface area contributed by atoms with Crippen LogP contribution in [0.2, 0.25) is 5.02 Å². The van der Waals surface area contributed by atoms with Gasteiger partial charge in [-0.25, -0.2) is 4.39 Å². The number of halogens is 2. The minimum atomic E-state index is -0.810. The molecule has 0 spiro atoms. The molecular weight excluding hydrogens is 237 g/mol. The maximum Gasteiger partial charge on any atom is 0.274 e. The van der Waals surface area contributed by atoms with Gasteiger partial charge in [-0.1, -0.05) is 24.9 Å². The summed E-state index contributed by atoms with van der Waals surface area (Å²) in [5.74, 6) is -0.934. The standard InChI is InChI=1S/C10H11ClFNO3/c1-2-3-4-16-10-8(11)5-7(13(14)15)6-9(10)12/h5-6H,2-4H2,1H3. The van der Waals surface area contributed by atoms with Crippen molar-refractivity contribution >= 4 is 17.3 Å². The molecule has 0 aromatic heterocycles. The fraction of sp³-hybridized carbons (Fsp3) is 0.400. The number of rotatable bonds is 5. The third kappa shape index (κ3) is 3.06. The summed E-state index contributed by atoms with van der Waals surface area (Å²) in [6.07, 6.45) is 1.68. The molecule has 0 radical (unpaired) electrons. The van der Waals surface area contributed by atoms with Gasteiger partial charge in [-0.2, -0.15) is 0 Å². The zero-order valence-electron chi connectivity index (χ0n) is 8.70. The molecule has 0 amide bonds. The lowest BCUT2D eigenvalue weighted by atomic mass is 10.3. The molecule has 1 rings (SSSR count). The van der Waals surface area contributed by atoms with Crippen LogP contribution >= 0.6 is 11.6 Å². The quantitative estimate of drug-likeness (QED) is 0.454. The molecule has 0 fully saturated rings. The lowest BCUT2D eigenvalue weighted by Crippen LogP contribution is -2.00. The molecule has 1 aromatic carbocycles. The average Bonchev–Trinajstić information content (AvgIpc) is 2.21. The van der Waals surface area contributed by atoms with Gasteiger partial charge in [0.25, 0.3) is 5.69 Å². The van der Waals surface area contributed by atoms with Gasteiger partial charge in [-0.15, -0.1) is 0 Å². The fourth-order valence-corrected chi connectivity index (χ4v) is 1.36. The zero-order valence-corrected chi connectivity index (χ0v) is 9.46. The van der Waals surface area contributed by atoms with Gasteiger partial charge in [-0.3, -0.25) is 10.1 Å². The Morgan fingerprint density at radius 1 is 1.56 bits per heavy atom. The first-order chi connectivity index (χ1) is 7.56. The van der Waals surface area contributed by atoms with Gasteiger partial charge >= 0.3 is 0 Å². The van der Waals surface area contributed by atoms with Crippen molar-refractivity contribution in [1.82, 2.24) is 0 Å². The van der Waals surface area contributed by atoms with Crippen LogP contribution in [0.3, 0.4) is 0 Å². The van der Waals surface area contributed by atoms with Crippen molar-refractivity contribution in [3.63, 3.8) is 0 Å². The first-order valence-corrected chi connectivity index (χ1v) is 5.20. The Bertz CT molecular complexity index is 375. The van der Waals surface area contributed by atoms with E-state index >= 15 is 0 Å². The molecule has 1 aromatic rings. The van der Waals surface area contributed by atoms with Crippen molar-refractivity contribution in [3.8, 4) is 5.75 Å². The van der Waals surface area contributed by atoms with Gasteiger partial charge in [0.05, 0.1) is 22.6 Å². The fourth-order valence-electron chi connectivity index (χ4n) is 1.11. The molecule has 0 aliphatic carbocycles. The van der Waals surface area contributed by atoms with Crippen molar-refractivity contribution in [2.24, 2.45) is 0 Å². The van der Waals surface area contributed by atoms with E-state index < -0.39 is 10.7 Å².